The molecule has 0 bridgehead atoms. The highest BCUT2D eigenvalue weighted by atomic mass is 16.5. The molecule has 0 aliphatic carbocycles. The number of hydrogen-bond donors (Lipinski definition) is 0. The van der Waals surface area contributed by atoms with Gasteiger partial charge >= 0.3 is 0 Å². The summed E-state index contributed by atoms with van der Waals surface area (Å²) in [5, 5.41) is 0. The number of carbonyl (C=O) groups is 2. The van der Waals surface area contributed by atoms with Gasteiger partial charge in [0.1, 0.15) is 5.75 Å². The van der Waals surface area contributed by atoms with Crippen LogP contribution in [0, 0.1) is 5.92 Å². The van der Waals surface area contributed by atoms with E-state index < -0.39 is 6.10 Å². The zero-order valence-electron chi connectivity index (χ0n) is 16.9. The van der Waals surface area contributed by atoms with Crippen LogP contribution in [0.4, 0.5) is 5.69 Å². The fraction of sp³-hybridized carbons (Fsp3) is 0.417. The van der Waals surface area contributed by atoms with E-state index in [1.54, 1.807) is 11.8 Å². The maximum atomic E-state index is 12.8. The van der Waals surface area contributed by atoms with E-state index in [9.17, 15) is 9.59 Å². The summed E-state index contributed by atoms with van der Waals surface area (Å²) < 4.78 is 5.67. The lowest BCUT2D eigenvalue weighted by molar-refractivity contribution is -0.132. The number of nitrogens with zero attached hydrogens (tertiary/aromatic N) is 2. The lowest BCUT2D eigenvalue weighted by Gasteiger charge is -2.35. The van der Waals surface area contributed by atoms with E-state index in [0.717, 1.165) is 38.0 Å². The second-order valence-corrected chi connectivity index (χ2v) is 7.98. The number of carbonyl (C=O) groups excluding carboxylic acids is 2. The van der Waals surface area contributed by atoms with Crippen molar-refractivity contribution in [1.82, 2.24) is 4.90 Å². The average Bonchev–Trinajstić information content (AvgIpc) is 2.75. The Morgan fingerprint density at radius 2 is 1.72 bits per heavy atom. The van der Waals surface area contributed by atoms with Crippen LogP contribution in [0.2, 0.25) is 0 Å². The standard InChI is InChI=1S/C24H28N2O3/c1-18-24(28)26(21-9-5-6-10-22(21)29-18)16-13-23(27)25-14-11-20(12-15-25)17-19-7-3-2-4-8-19/h2-10,18,20H,11-17H2,1H3. The van der Waals surface area contributed by atoms with Gasteiger partial charge in [0.05, 0.1) is 5.69 Å². The molecule has 5 nitrogen and oxygen atoms in total. The molecule has 0 radical (unpaired) electrons. The van der Waals surface area contributed by atoms with Crippen LogP contribution >= 0.6 is 0 Å². The summed E-state index contributed by atoms with van der Waals surface area (Å²) in [4.78, 5) is 29.0. The van der Waals surface area contributed by atoms with Crippen LogP contribution in [0.25, 0.3) is 0 Å². The van der Waals surface area contributed by atoms with Crippen molar-refractivity contribution in [3.63, 3.8) is 0 Å². The summed E-state index contributed by atoms with van der Waals surface area (Å²) in [7, 11) is 0. The molecule has 152 valence electrons. The van der Waals surface area contributed by atoms with Gasteiger partial charge in [-0.15, -0.1) is 0 Å². The van der Waals surface area contributed by atoms with Crippen molar-refractivity contribution in [1.29, 1.82) is 0 Å². The maximum absolute atomic E-state index is 12.8. The van der Waals surface area contributed by atoms with Gasteiger partial charge in [-0.1, -0.05) is 42.5 Å². The number of benzene rings is 2. The van der Waals surface area contributed by atoms with Crippen LogP contribution in [0.1, 0.15) is 31.7 Å². The molecule has 2 amide bonds. The number of piperidine rings is 1. The summed E-state index contributed by atoms with van der Waals surface area (Å²) in [6.45, 7) is 3.76. The van der Waals surface area contributed by atoms with Crippen LogP contribution in [-0.4, -0.2) is 42.5 Å². The Hall–Kier alpha value is -2.82. The fourth-order valence-electron chi connectivity index (χ4n) is 4.29. The van der Waals surface area contributed by atoms with Crippen molar-refractivity contribution in [2.45, 2.75) is 38.7 Å². The minimum atomic E-state index is -0.520. The van der Waals surface area contributed by atoms with E-state index >= 15 is 0 Å². The Labute approximate surface area is 172 Å². The largest absolute Gasteiger partial charge is 0.479 e. The number of ether oxygens (including phenoxy) is 1. The van der Waals surface area contributed by atoms with E-state index in [-0.39, 0.29) is 11.8 Å². The van der Waals surface area contributed by atoms with Crippen LogP contribution in [0.3, 0.4) is 0 Å². The van der Waals surface area contributed by atoms with Crippen LogP contribution in [-0.2, 0) is 16.0 Å². The van der Waals surface area contributed by atoms with Crippen LogP contribution in [0.5, 0.6) is 5.75 Å². The first kappa shape index (κ1) is 19.5. The normalized spacial score (nSPS) is 19.6. The number of rotatable bonds is 5. The first-order chi connectivity index (χ1) is 14.1. The molecule has 0 aromatic heterocycles. The SMILES string of the molecule is CC1Oc2ccccc2N(CCC(=O)N2CCC(Cc3ccccc3)CC2)C1=O. The first-order valence-electron chi connectivity index (χ1n) is 10.5. The summed E-state index contributed by atoms with van der Waals surface area (Å²) >= 11 is 0. The van der Waals surface area contributed by atoms with Gasteiger partial charge in [-0.3, -0.25) is 9.59 Å². The molecule has 2 aliphatic heterocycles. The third-order valence-corrected chi connectivity index (χ3v) is 5.96. The monoisotopic (exact) mass is 392 g/mol. The maximum Gasteiger partial charge on any atom is 0.267 e. The van der Waals surface area contributed by atoms with Gasteiger partial charge < -0.3 is 14.5 Å². The topological polar surface area (TPSA) is 49.9 Å². The second kappa shape index (κ2) is 8.68. The highest BCUT2D eigenvalue weighted by Gasteiger charge is 2.32. The van der Waals surface area contributed by atoms with Crippen LogP contribution < -0.4 is 9.64 Å². The minimum absolute atomic E-state index is 0.0851. The first-order valence-corrected chi connectivity index (χ1v) is 10.5. The molecule has 5 heteroatoms. The Bertz CT molecular complexity index is 859. The number of para-hydroxylation sites is 2. The van der Waals surface area contributed by atoms with Gasteiger partial charge in [0.2, 0.25) is 5.91 Å². The summed E-state index contributed by atoms with van der Waals surface area (Å²) in [5.41, 5.74) is 2.13. The smallest absolute Gasteiger partial charge is 0.267 e. The van der Waals surface area contributed by atoms with Crippen molar-refractivity contribution in [2.75, 3.05) is 24.5 Å². The number of amides is 2. The fourth-order valence-corrected chi connectivity index (χ4v) is 4.29. The molecule has 0 N–H and O–H groups in total. The van der Waals surface area contributed by atoms with Crippen molar-refractivity contribution in [3.8, 4) is 5.75 Å². The zero-order chi connectivity index (χ0) is 20.2. The lowest BCUT2D eigenvalue weighted by Crippen LogP contribution is -2.46. The Kier molecular flexibility index (Phi) is 5.84. The van der Waals surface area contributed by atoms with Gasteiger partial charge in [0.25, 0.3) is 5.91 Å². The third-order valence-electron chi connectivity index (χ3n) is 5.96. The molecule has 2 aromatic rings. The highest BCUT2D eigenvalue weighted by molar-refractivity contribution is 6.00. The minimum Gasteiger partial charge on any atom is -0.479 e. The quantitative estimate of drug-likeness (QED) is 0.780. The van der Waals surface area contributed by atoms with E-state index in [1.165, 1.54) is 5.56 Å². The predicted molar refractivity (Wildman–Crippen MR) is 113 cm³/mol. The molecule has 1 atom stereocenters. The van der Waals surface area contributed by atoms with Gasteiger partial charge in [-0.2, -0.15) is 0 Å². The molecular formula is C24H28N2O3. The third kappa shape index (κ3) is 4.44. The Morgan fingerprint density at radius 3 is 2.48 bits per heavy atom. The van der Waals surface area contributed by atoms with Crippen molar-refractivity contribution >= 4 is 17.5 Å². The molecule has 2 heterocycles. The summed E-state index contributed by atoms with van der Waals surface area (Å²) in [5.74, 6) is 1.38. The second-order valence-electron chi connectivity index (χ2n) is 7.98. The molecule has 1 fully saturated rings. The average molecular weight is 392 g/mol. The zero-order valence-corrected chi connectivity index (χ0v) is 16.9. The van der Waals surface area contributed by atoms with Crippen molar-refractivity contribution in [2.24, 2.45) is 5.92 Å². The summed E-state index contributed by atoms with van der Waals surface area (Å²) in [6, 6.07) is 18.1. The molecule has 2 aromatic carbocycles. The molecule has 1 saturated heterocycles. The molecule has 0 spiro atoms. The molecule has 1 unspecified atom stereocenters. The number of anilines is 1. The van der Waals surface area contributed by atoms with E-state index in [2.05, 4.69) is 24.3 Å². The van der Waals surface area contributed by atoms with E-state index in [0.29, 0.717) is 24.6 Å². The molecule has 29 heavy (non-hydrogen) atoms. The Morgan fingerprint density at radius 1 is 1.03 bits per heavy atom. The Balaban J connectivity index is 1.30. The molecule has 4 rings (SSSR count). The van der Waals surface area contributed by atoms with E-state index in [1.807, 2.05) is 35.2 Å². The molecular weight excluding hydrogens is 364 g/mol. The number of likely N-dealkylation sites (tertiary alicyclic amines) is 1. The van der Waals surface area contributed by atoms with Crippen molar-refractivity contribution in [3.05, 3.63) is 60.2 Å². The molecule has 2 aliphatic rings. The molecule has 0 saturated carbocycles. The lowest BCUT2D eigenvalue weighted by atomic mass is 9.90. The van der Waals surface area contributed by atoms with Crippen LogP contribution in [0.15, 0.2) is 54.6 Å². The van der Waals surface area contributed by atoms with Gasteiger partial charge in [-0.05, 0) is 49.8 Å². The van der Waals surface area contributed by atoms with Gasteiger partial charge in [-0.25, -0.2) is 0 Å². The number of fused-ring (bicyclic) bond motifs is 1. The highest BCUT2D eigenvalue weighted by Crippen LogP contribution is 2.33. The van der Waals surface area contributed by atoms with Crippen molar-refractivity contribution < 1.29 is 14.3 Å². The van der Waals surface area contributed by atoms with E-state index in [4.69, 9.17) is 4.74 Å². The van der Waals surface area contributed by atoms with Gasteiger partial charge in [0, 0.05) is 26.1 Å². The predicted octanol–water partition coefficient (Wildman–Crippen LogP) is 3.67. The number of hydrogen-bond acceptors (Lipinski definition) is 3. The summed E-state index contributed by atoms with van der Waals surface area (Å²) in [6.07, 6.45) is 2.98. The van der Waals surface area contributed by atoms with Gasteiger partial charge in [0.15, 0.2) is 6.10 Å².